The summed E-state index contributed by atoms with van der Waals surface area (Å²) < 4.78 is 11.1. The largest absolute Gasteiger partial charge is 0.493 e. The van der Waals surface area contributed by atoms with E-state index in [1.807, 2.05) is 31.5 Å². The summed E-state index contributed by atoms with van der Waals surface area (Å²) in [5.41, 5.74) is 2.65. The Morgan fingerprint density at radius 2 is 1.68 bits per heavy atom. The molecule has 5 heteroatoms. The number of pyridine rings is 1. The Morgan fingerprint density at radius 3 is 2.28 bits per heavy atom. The molecule has 3 rings (SSSR count). The van der Waals surface area contributed by atoms with Gasteiger partial charge < -0.3 is 19.3 Å². The van der Waals surface area contributed by atoms with Crippen molar-refractivity contribution in [3.05, 3.63) is 53.9 Å². The number of ether oxygens (including phenoxy) is 2. The average molecular weight is 343 g/mol. The number of nitrogens with zero attached hydrogens (tertiary/aromatic N) is 1. The molecule has 5 nitrogen and oxygen atoms in total. The van der Waals surface area contributed by atoms with Crippen molar-refractivity contribution in [2.24, 2.45) is 0 Å². The molecule has 0 saturated carbocycles. The highest BCUT2D eigenvalue weighted by Gasteiger charge is 2.23. The van der Waals surface area contributed by atoms with Gasteiger partial charge in [0, 0.05) is 23.5 Å². The fourth-order valence-electron chi connectivity index (χ4n) is 3.49. The van der Waals surface area contributed by atoms with Crippen molar-refractivity contribution in [1.29, 1.82) is 0 Å². The number of rotatable bonds is 7. The van der Waals surface area contributed by atoms with Gasteiger partial charge in [-0.2, -0.15) is 0 Å². The van der Waals surface area contributed by atoms with Crippen molar-refractivity contribution in [3.63, 3.8) is 0 Å². The maximum absolute atomic E-state index is 5.70. The van der Waals surface area contributed by atoms with E-state index in [0.29, 0.717) is 6.61 Å². The molecule has 1 fully saturated rings. The highest BCUT2D eigenvalue weighted by Crippen LogP contribution is 2.27. The summed E-state index contributed by atoms with van der Waals surface area (Å²) in [6, 6.07) is 10.5. The summed E-state index contributed by atoms with van der Waals surface area (Å²) in [6.45, 7) is 9.60. The van der Waals surface area contributed by atoms with Crippen molar-refractivity contribution in [1.82, 2.24) is 4.98 Å². The summed E-state index contributed by atoms with van der Waals surface area (Å²) in [7, 11) is 1.69. The van der Waals surface area contributed by atoms with Gasteiger partial charge in [-0.25, -0.2) is 0 Å². The summed E-state index contributed by atoms with van der Waals surface area (Å²) in [5, 5.41) is 0. The highest BCUT2D eigenvalue weighted by molar-refractivity contribution is 5.42. The summed E-state index contributed by atoms with van der Waals surface area (Å²) in [4.78, 5) is 7.51. The van der Waals surface area contributed by atoms with Gasteiger partial charge in [0.2, 0.25) is 0 Å². The minimum absolute atomic E-state index is 0.656. The second kappa shape index (κ2) is 8.83. The fraction of sp³-hybridized carbons (Fsp3) is 0.450. The molecule has 0 atom stereocenters. The minimum atomic E-state index is 0.656. The highest BCUT2D eigenvalue weighted by atomic mass is 16.5. The van der Waals surface area contributed by atoms with E-state index in [1.165, 1.54) is 37.3 Å². The SMILES string of the molecule is CCOc1cc(C[NH+]2CC[NH+](Cc3cccnc3)CC2)ccc1OC. The van der Waals surface area contributed by atoms with Crippen LogP contribution in [-0.4, -0.2) is 44.9 Å². The smallest absolute Gasteiger partial charge is 0.161 e. The van der Waals surface area contributed by atoms with Crippen LogP contribution in [0.4, 0.5) is 0 Å². The number of hydrogen-bond acceptors (Lipinski definition) is 3. The third-order valence-corrected chi connectivity index (χ3v) is 4.82. The van der Waals surface area contributed by atoms with E-state index < -0.39 is 0 Å². The molecular weight excluding hydrogens is 314 g/mol. The van der Waals surface area contributed by atoms with Gasteiger partial charge in [-0.15, -0.1) is 0 Å². The lowest BCUT2D eigenvalue weighted by Gasteiger charge is -2.29. The van der Waals surface area contributed by atoms with Crippen molar-refractivity contribution in [2.45, 2.75) is 20.0 Å². The Morgan fingerprint density at radius 1 is 0.960 bits per heavy atom. The molecule has 0 radical (unpaired) electrons. The first kappa shape index (κ1) is 17.7. The molecule has 0 bridgehead atoms. The van der Waals surface area contributed by atoms with Gasteiger partial charge in [-0.1, -0.05) is 6.07 Å². The molecule has 0 spiro atoms. The number of aromatic nitrogens is 1. The second-order valence-corrected chi connectivity index (χ2v) is 6.63. The quantitative estimate of drug-likeness (QED) is 0.742. The van der Waals surface area contributed by atoms with E-state index in [2.05, 4.69) is 23.2 Å². The standard InChI is InChI=1S/C20H27N3O2/c1-3-25-20-13-17(6-7-19(20)24-2)15-22-9-11-23(12-10-22)16-18-5-4-8-21-14-18/h4-8,13-14H,3,9-12,15-16H2,1-2H3/p+2. The lowest BCUT2D eigenvalue weighted by atomic mass is 10.1. The molecule has 1 aliphatic heterocycles. The van der Waals surface area contributed by atoms with Crippen molar-refractivity contribution >= 4 is 0 Å². The van der Waals surface area contributed by atoms with Crippen LogP contribution in [0, 0.1) is 0 Å². The van der Waals surface area contributed by atoms with E-state index in [1.54, 1.807) is 16.9 Å². The molecule has 134 valence electrons. The van der Waals surface area contributed by atoms with Gasteiger partial charge in [0.25, 0.3) is 0 Å². The normalized spacial score (nSPS) is 20.2. The topological polar surface area (TPSA) is 40.2 Å². The Balaban J connectivity index is 1.52. The number of benzene rings is 1. The van der Waals surface area contributed by atoms with Gasteiger partial charge >= 0.3 is 0 Å². The average Bonchev–Trinajstić information content (AvgIpc) is 2.65. The Bertz CT molecular complexity index is 655. The first-order valence-corrected chi connectivity index (χ1v) is 9.14. The molecule has 1 aromatic heterocycles. The van der Waals surface area contributed by atoms with Gasteiger partial charge in [-0.05, 0) is 31.2 Å². The van der Waals surface area contributed by atoms with Crippen LogP contribution in [0.1, 0.15) is 18.1 Å². The maximum Gasteiger partial charge on any atom is 0.161 e. The van der Waals surface area contributed by atoms with Gasteiger partial charge in [0.05, 0.1) is 13.7 Å². The first-order valence-electron chi connectivity index (χ1n) is 9.14. The minimum Gasteiger partial charge on any atom is -0.493 e. The third kappa shape index (κ3) is 4.94. The van der Waals surface area contributed by atoms with E-state index in [-0.39, 0.29) is 0 Å². The molecule has 2 heterocycles. The molecule has 2 N–H and O–H groups in total. The summed E-state index contributed by atoms with van der Waals surface area (Å²) >= 11 is 0. The van der Waals surface area contributed by atoms with Crippen LogP contribution in [0.2, 0.25) is 0 Å². The molecule has 1 aromatic carbocycles. The van der Waals surface area contributed by atoms with Crippen LogP contribution in [0.5, 0.6) is 11.5 Å². The van der Waals surface area contributed by atoms with Crippen molar-refractivity contribution < 1.29 is 19.3 Å². The predicted octanol–water partition coefficient (Wildman–Crippen LogP) is -0.0275. The van der Waals surface area contributed by atoms with Crippen LogP contribution in [0.15, 0.2) is 42.7 Å². The van der Waals surface area contributed by atoms with Crippen molar-refractivity contribution in [2.75, 3.05) is 39.9 Å². The van der Waals surface area contributed by atoms with Gasteiger partial charge in [-0.3, -0.25) is 4.98 Å². The van der Waals surface area contributed by atoms with E-state index in [9.17, 15) is 0 Å². The molecule has 0 aliphatic carbocycles. The molecule has 25 heavy (non-hydrogen) atoms. The van der Waals surface area contributed by atoms with E-state index in [0.717, 1.165) is 24.6 Å². The lowest BCUT2D eigenvalue weighted by Crippen LogP contribution is -3.27. The number of quaternary nitrogens is 2. The van der Waals surface area contributed by atoms with Crippen LogP contribution < -0.4 is 19.3 Å². The number of nitrogens with one attached hydrogen (secondary N) is 2. The van der Waals surface area contributed by atoms with E-state index in [4.69, 9.17) is 9.47 Å². The van der Waals surface area contributed by atoms with Crippen LogP contribution in [0.3, 0.4) is 0 Å². The molecule has 2 aromatic rings. The van der Waals surface area contributed by atoms with Crippen LogP contribution >= 0.6 is 0 Å². The summed E-state index contributed by atoms with van der Waals surface area (Å²) in [6.07, 6.45) is 3.82. The lowest BCUT2D eigenvalue weighted by molar-refractivity contribution is -1.02. The molecular formula is C20H29N3O2+2. The molecule has 0 unspecified atom stereocenters. The van der Waals surface area contributed by atoms with Crippen LogP contribution in [-0.2, 0) is 13.1 Å². The zero-order valence-corrected chi connectivity index (χ0v) is 15.3. The Kier molecular flexibility index (Phi) is 6.25. The van der Waals surface area contributed by atoms with E-state index >= 15 is 0 Å². The number of methoxy groups -OCH3 is 1. The number of hydrogen-bond donors (Lipinski definition) is 2. The maximum atomic E-state index is 5.70. The predicted molar refractivity (Wildman–Crippen MR) is 97.2 cm³/mol. The number of piperazine rings is 1. The Hall–Kier alpha value is -2.11. The molecule has 1 aliphatic rings. The van der Waals surface area contributed by atoms with Crippen LogP contribution in [0.25, 0.3) is 0 Å². The van der Waals surface area contributed by atoms with Gasteiger partial charge in [0.15, 0.2) is 11.5 Å². The molecule has 0 amide bonds. The monoisotopic (exact) mass is 343 g/mol. The summed E-state index contributed by atoms with van der Waals surface area (Å²) in [5.74, 6) is 1.66. The zero-order valence-electron chi connectivity index (χ0n) is 15.3. The zero-order chi connectivity index (χ0) is 17.5. The Labute approximate surface area is 150 Å². The molecule has 1 saturated heterocycles. The second-order valence-electron chi connectivity index (χ2n) is 6.63. The first-order chi connectivity index (χ1) is 12.3. The van der Waals surface area contributed by atoms with Gasteiger partial charge in [0.1, 0.15) is 39.3 Å². The van der Waals surface area contributed by atoms with Crippen molar-refractivity contribution in [3.8, 4) is 11.5 Å². The fourth-order valence-corrected chi connectivity index (χ4v) is 3.49. The third-order valence-electron chi connectivity index (χ3n) is 4.82.